The second-order valence-electron chi connectivity index (χ2n) is 14.7. The van der Waals surface area contributed by atoms with Crippen LogP contribution in [-0.2, 0) is 9.53 Å². The Bertz CT molecular complexity index is 2150. The lowest BCUT2D eigenvalue weighted by molar-refractivity contribution is -0.137. The summed E-state index contributed by atoms with van der Waals surface area (Å²) in [4.78, 5) is 16.4. The smallest absolute Gasteiger partial charge is 0.330 e. The van der Waals surface area contributed by atoms with Gasteiger partial charge >= 0.3 is 5.97 Å². The zero-order valence-electron chi connectivity index (χ0n) is 32.9. The van der Waals surface area contributed by atoms with Gasteiger partial charge in [0.1, 0.15) is 5.75 Å². The number of hydrazone groups is 1. The predicted molar refractivity (Wildman–Crippen MR) is 235 cm³/mol. The number of ether oxygens (including phenoxy) is 2. The Balaban J connectivity index is 1.16. The fraction of sp³-hybridized carbons (Fsp3) is 0.396. The number of anilines is 1. The summed E-state index contributed by atoms with van der Waals surface area (Å²) >= 11 is 8.68. The molecule has 56 heavy (non-hydrogen) atoms. The molecule has 0 radical (unpaired) electrons. The summed E-state index contributed by atoms with van der Waals surface area (Å²) in [6, 6.07) is 27.0. The minimum absolute atomic E-state index is 0.295. The van der Waals surface area contributed by atoms with Gasteiger partial charge in [-0.05, 0) is 90.9 Å². The van der Waals surface area contributed by atoms with Gasteiger partial charge in [-0.3, -0.25) is 0 Å². The summed E-state index contributed by atoms with van der Waals surface area (Å²) < 4.78 is 12.0. The molecule has 1 aliphatic rings. The van der Waals surface area contributed by atoms with E-state index in [1.165, 1.54) is 66.0 Å². The van der Waals surface area contributed by atoms with Gasteiger partial charge in [0.15, 0.2) is 0 Å². The SMILES string of the molecule is C=CC(=O)OCCCOc1ccc(C#Cc2ccc(C3CCC(CC)CC3/C=N/N(CCCCCCCC)c3nc4c(ccc5ccccc54)s3)cc2Cl)cc1. The molecular formula is C48H54ClN3O3S. The number of aromatic nitrogens is 1. The Morgan fingerprint density at radius 3 is 2.59 bits per heavy atom. The molecule has 6 rings (SSSR count). The van der Waals surface area contributed by atoms with Gasteiger partial charge in [0.25, 0.3) is 0 Å². The molecule has 3 unspecified atom stereocenters. The number of unbranched alkanes of at least 4 members (excludes halogenated alkanes) is 5. The van der Waals surface area contributed by atoms with Crippen molar-refractivity contribution in [2.45, 2.75) is 90.4 Å². The number of hydrogen-bond donors (Lipinski definition) is 0. The van der Waals surface area contributed by atoms with Crippen molar-refractivity contribution >= 4 is 61.2 Å². The largest absolute Gasteiger partial charge is 0.493 e. The van der Waals surface area contributed by atoms with Gasteiger partial charge in [-0.2, -0.15) is 5.10 Å². The molecule has 1 saturated carbocycles. The van der Waals surface area contributed by atoms with Crippen molar-refractivity contribution in [2.75, 3.05) is 24.8 Å². The van der Waals surface area contributed by atoms with E-state index in [-0.39, 0.29) is 0 Å². The van der Waals surface area contributed by atoms with Gasteiger partial charge in [0.05, 0.1) is 28.5 Å². The van der Waals surface area contributed by atoms with Crippen molar-refractivity contribution < 1.29 is 14.3 Å². The minimum atomic E-state index is -0.424. The van der Waals surface area contributed by atoms with Crippen molar-refractivity contribution in [2.24, 2.45) is 16.9 Å². The molecule has 1 heterocycles. The summed E-state index contributed by atoms with van der Waals surface area (Å²) in [5, 5.41) is 11.5. The average molecular weight is 788 g/mol. The van der Waals surface area contributed by atoms with Gasteiger partial charge in [0.2, 0.25) is 5.13 Å². The molecule has 8 heteroatoms. The Hall–Kier alpha value is -4.64. The fourth-order valence-corrected chi connectivity index (χ4v) is 8.74. The van der Waals surface area contributed by atoms with Crippen molar-refractivity contribution in [1.82, 2.24) is 4.98 Å². The lowest BCUT2D eigenvalue weighted by Gasteiger charge is -2.34. The molecule has 0 bridgehead atoms. The van der Waals surface area contributed by atoms with E-state index in [2.05, 4.69) is 98.1 Å². The molecule has 1 aromatic heterocycles. The molecule has 5 aromatic rings. The van der Waals surface area contributed by atoms with Gasteiger partial charge in [0, 0.05) is 47.7 Å². The number of fused-ring (bicyclic) bond motifs is 3. The van der Waals surface area contributed by atoms with Crippen LogP contribution in [-0.4, -0.2) is 36.9 Å². The number of hydrogen-bond acceptors (Lipinski definition) is 7. The molecule has 0 spiro atoms. The third kappa shape index (κ3) is 11.2. The molecule has 0 saturated heterocycles. The first-order valence-corrected chi connectivity index (χ1v) is 21.6. The number of carbonyl (C=O) groups is 1. The summed E-state index contributed by atoms with van der Waals surface area (Å²) in [7, 11) is 0. The number of rotatable bonds is 18. The zero-order valence-corrected chi connectivity index (χ0v) is 34.4. The maximum absolute atomic E-state index is 11.2. The van der Waals surface area contributed by atoms with Gasteiger partial charge < -0.3 is 9.47 Å². The number of benzene rings is 4. The van der Waals surface area contributed by atoms with Crippen molar-refractivity contribution in [3.05, 3.63) is 113 Å². The summed E-state index contributed by atoms with van der Waals surface area (Å²) in [6.45, 7) is 9.58. The van der Waals surface area contributed by atoms with Crippen molar-refractivity contribution in [3.63, 3.8) is 0 Å². The van der Waals surface area contributed by atoms with E-state index in [1.807, 2.05) is 24.3 Å². The molecular weight excluding hydrogens is 734 g/mol. The van der Waals surface area contributed by atoms with Crippen LogP contribution in [0.2, 0.25) is 5.02 Å². The Morgan fingerprint density at radius 2 is 1.79 bits per heavy atom. The molecule has 6 nitrogen and oxygen atoms in total. The van der Waals surface area contributed by atoms with Gasteiger partial charge in [-0.25, -0.2) is 14.8 Å². The highest BCUT2D eigenvalue weighted by Gasteiger charge is 2.30. The number of thiazole rings is 1. The summed E-state index contributed by atoms with van der Waals surface area (Å²) in [5.74, 6) is 8.16. The van der Waals surface area contributed by atoms with Gasteiger partial charge in [-0.15, -0.1) is 0 Å². The van der Waals surface area contributed by atoms with Crippen molar-refractivity contribution in [3.8, 4) is 17.6 Å². The van der Waals surface area contributed by atoms with Crippen LogP contribution in [0.1, 0.15) is 107 Å². The molecule has 3 atom stereocenters. The molecule has 0 N–H and O–H groups in total. The molecule has 1 fully saturated rings. The fourth-order valence-electron chi connectivity index (χ4n) is 7.53. The van der Waals surface area contributed by atoms with E-state index in [4.69, 9.17) is 31.2 Å². The average Bonchev–Trinajstić information content (AvgIpc) is 3.68. The lowest BCUT2D eigenvalue weighted by Crippen LogP contribution is -2.26. The predicted octanol–water partition coefficient (Wildman–Crippen LogP) is 12.8. The second kappa shape index (κ2) is 21.0. The molecule has 4 aromatic carbocycles. The second-order valence-corrected chi connectivity index (χ2v) is 16.1. The number of nitrogens with zero attached hydrogens (tertiary/aromatic N) is 3. The molecule has 0 amide bonds. The maximum atomic E-state index is 11.2. The van der Waals surface area contributed by atoms with Crippen LogP contribution in [0.4, 0.5) is 5.13 Å². The molecule has 0 aliphatic heterocycles. The molecule has 292 valence electrons. The van der Waals surface area contributed by atoms with Crippen LogP contribution >= 0.6 is 22.9 Å². The normalized spacial score (nSPS) is 16.8. The quantitative estimate of drug-likeness (QED) is 0.0221. The standard InChI is InChI=1S/C48H54ClN3O3S/c1-4-7-8-9-10-13-29-52(48-51-47-43-16-12-11-15-37(43)24-28-45(47)56-48)50-34-40-32-35(5-2)20-27-42(40)39-23-22-38(44(49)33-39)21-17-36-18-25-41(26-19-36)54-30-14-31-55-46(53)6-3/h6,11-12,15-16,18-19,22-26,28,33-35,40,42H,3-5,7-10,13-14,20,27,29-32H2,1-2H3/b50-34+. The first kappa shape index (κ1) is 41.0. The van der Waals surface area contributed by atoms with Crippen LogP contribution in [0.25, 0.3) is 21.0 Å². The van der Waals surface area contributed by atoms with Crippen LogP contribution in [0.5, 0.6) is 5.75 Å². The summed E-state index contributed by atoms with van der Waals surface area (Å²) in [5.41, 5.74) is 4.00. The van der Waals surface area contributed by atoms with Crippen LogP contribution < -0.4 is 9.75 Å². The van der Waals surface area contributed by atoms with Crippen molar-refractivity contribution in [1.29, 1.82) is 0 Å². The van der Waals surface area contributed by atoms with E-state index >= 15 is 0 Å². The first-order valence-electron chi connectivity index (χ1n) is 20.4. The van der Waals surface area contributed by atoms with E-state index < -0.39 is 5.97 Å². The monoisotopic (exact) mass is 787 g/mol. The highest BCUT2D eigenvalue weighted by molar-refractivity contribution is 7.22. The third-order valence-electron chi connectivity index (χ3n) is 10.8. The van der Waals surface area contributed by atoms with Crippen LogP contribution in [0.15, 0.2) is 96.6 Å². The number of halogens is 1. The topological polar surface area (TPSA) is 64.0 Å². The Labute approximate surface area is 342 Å². The number of esters is 1. The van der Waals surface area contributed by atoms with Crippen LogP contribution in [0.3, 0.4) is 0 Å². The van der Waals surface area contributed by atoms with E-state index in [0.29, 0.717) is 42.4 Å². The number of carbonyl (C=O) groups excluding carboxylic acids is 1. The zero-order chi connectivity index (χ0) is 39.1. The first-order chi connectivity index (χ1) is 27.4. The summed E-state index contributed by atoms with van der Waals surface area (Å²) in [6.07, 6.45) is 16.0. The van der Waals surface area contributed by atoms with Crippen LogP contribution in [0, 0.1) is 23.7 Å². The lowest BCUT2D eigenvalue weighted by atomic mass is 9.71. The highest BCUT2D eigenvalue weighted by atomic mass is 35.5. The highest BCUT2D eigenvalue weighted by Crippen LogP contribution is 2.42. The Kier molecular flexibility index (Phi) is 15.4. The van der Waals surface area contributed by atoms with E-state index in [9.17, 15) is 4.79 Å². The third-order valence-corrected chi connectivity index (χ3v) is 12.1. The molecule has 1 aliphatic carbocycles. The minimum Gasteiger partial charge on any atom is -0.493 e. The van der Waals surface area contributed by atoms with E-state index in [1.54, 1.807) is 11.3 Å². The maximum Gasteiger partial charge on any atom is 0.330 e. The van der Waals surface area contributed by atoms with Gasteiger partial charge in [-0.1, -0.05) is 130 Å². The Morgan fingerprint density at radius 1 is 0.964 bits per heavy atom. The van der Waals surface area contributed by atoms with E-state index in [0.717, 1.165) is 59.4 Å².